The van der Waals surface area contributed by atoms with Crippen LogP contribution in [0.5, 0.6) is 0 Å². The van der Waals surface area contributed by atoms with Gasteiger partial charge in [0.2, 0.25) is 0 Å². The first kappa shape index (κ1) is 13.3. The van der Waals surface area contributed by atoms with Crippen LogP contribution in [0.25, 0.3) is 0 Å². The molecule has 0 aliphatic carbocycles. The van der Waals surface area contributed by atoms with Crippen molar-refractivity contribution in [1.29, 1.82) is 0 Å². The number of likely N-dealkylation sites (tertiary alicyclic amines) is 1. The van der Waals surface area contributed by atoms with Crippen molar-refractivity contribution in [3.63, 3.8) is 0 Å². The standard InChI is InChI=1S/C14H28N2O/c1-11-9-16(3)12(2)7-14(11)15-8-13-5-4-6-17-10-13/h11-15H,4-10H2,1-3H3. The molecule has 0 bridgehead atoms. The van der Waals surface area contributed by atoms with Gasteiger partial charge in [0.25, 0.3) is 0 Å². The van der Waals surface area contributed by atoms with Crippen molar-refractivity contribution in [2.24, 2.45) is 11.8 Å². The number of hydrogen-bond donors (Lipinski definition) is 1. The first-order valence-corrected chi connectivity index (χ1v) is 7.18. The van der Waals surface area contributed by atoms with Crippen molar-refractivity contribution in [2.45, 2.75) is 45.2 Å². The van der Waals surface area contributed by atoms with Crippen molar-refractivity contribution in [2.75, 3.05) is 33.4 Å². The largest absolute Gasteiger partial charge is 0.381 e. The summed E-state index contributed by atoms with van der Waals surface area (Å²) >= 11 is 0. The highest BCUT2D eigenvalue weighted by molar-refractivity contribution is 4.86. The van der Waals surface area contributed by atoms with Gasteiger partial charge in [-0.3, -0.25) is 0 Å². The van der Waals surface area contributed by atoms with E-state index >= 15 is 0 Å². The van der Waals surface area contributed by atoms with E-state index in [-0.39, 0.29) is 0 Å². The fraction of sp³-hybridized carbons (Fsp3) is 1.00. The summed E-state index contributed by atoms with van der Waals surface area (Å²) in [5.74, 6) is 1.51. The minimum absolute atomic E-state index is 0.697. The normalized spacial score (nSPS) is 40.4. The Kier molecular flexibility index (Phi) is 4.83. The molecule has 0 spiro atoms. The zero-order valence-corrected chi connectivity index (χ0v) is 11.6. The molecule has 2 rings (SSSR count). The second-order valence-electron chi connectivity index (χ2n) is 6.10. The lowest BCUT2D eigenvalue weighted by atomic mass is 9.89. The van der Waals surface area contributed by atoms with Gasteiger partial charge in [0.15, 0.2) is 0 Å². The average Bonchev–Trinajstić information content (AvgIpc) is 2.33. The lowest BCUT2D eigenvalue weighted by Gasteiger charge is -2.40. The lowest BCUT2D eigenvalue weighted by molar-refractivity contribution is 0.0491. The van der Waals surface area contributed by atoms with Gasteiger partial charge < -0.3 is 15.0 Å². The maximum absolute atomic E-state index is 5.54. The Morgan fingerprint density at radius 1 is 1.35 bits per heavy atom. The Bertz CT molecular complexity index is 228. The van der Waals surface area contributed by atoms with Crippen molar-refractivity contribution in [3.8, 4) is 0 Å². The molecule has 0 radical (unpaired) electrons. The van der Waals surface area contributed by atoms with E-state index in [2.05, 4.69) is 31.1 Å². The molecule has 4 unspecified atom stereocenters. The Hall–Kier alpha value is -0.120. The van der Waals surface area contributed by atoms with Crippen molar-refractivity contribution >= 4 is 0 Å². The van der Waals surface area contributed by atoms with E-state index in [0.29, 0.717) is 12.1 Å². The first-order valence-electron chi connectivity index (χ1n) is 7.18. The molecule has 2 heterocycles. The molecule has 0 aromatic carbocycles. The van der Waals surface area contributed by atoms with Crippen LogP contribution in [-0.4, -0.2) is 50.3 Å². The molecule has 0 aromatic heterocycles. The van der Waals surface area contributed by atoms with Crippen LogP contribution in [0.1, 0.15) is 33.1 Å². The van der Waals surface area contributed by atoms with Crippen LogP contribution in [-0.2, 0) is 4.74 Å². The molecule has 3 nitrogen and oxygen atoms in total. The summed E-state index contributed by atoms with van der Waals surface area (Å²) < 4.78 is 5.54. The molecule has 2 saturated heterocycles. The highest BCUT2D eigenvalue weighted by Crippen LogP contribution is 2.21. The molecule has 0 saturated carbocycles. The zero-order chi connectivity index (χ0) is 12.3. The van der Waals surface area contributed by atoms with E-state index in [9.17, 15) is 0 Å². The van der Waals surface area contributed by atoms with Gasteiger partial charge >= 0.3 is 0 Å². The molecule has 2 fully saturated rings. The molecule has 2 aliphatic rings. The summed E-state index contributed by atoms with van der Waals surface area (Å²) in [4.78, 5) is 2.48. The van der Waals surface area contributed by atoms with E-state index in [1.165, 1.54) is 25.8 Å². The maximum atomic E-state index is 5.54. The Balaban J connectivity index is 1.74. The van der Waals surface area contributed by atoms with Gasteiger partial charge in [-0.05, 0) is 45.1 Å². The number of hydrogen-bond acceptors (Lipinski definition) is 3. The first-order chi connectivity index (χ1) is 8.16. The molecule has 3 heteroatoms. The minimum atomic E-state index is 0.697. The molecule has 2 aliphatic heterocycles. The number of piperidine rings is 1. The quantitative estimate of drug-likeness (QED) is 0.813. The summed E-state index contributed by atoms with van der Waals surface area (Å²) in [5, 5.41) is 3.79. The molecule has 17 heavy (non-hydrogen) atoms. The molecule has 0 aromatic rings. The second kappa shape index (κ2) is 6.17. The fourth-order valence-corrected chi connectivity index (χ4v) is 3.11. The summed E-state index contributed by atoms with van der Waals surface area (Å²) in [7, 11) is 2.24. The third kappa shape index (κ3) is 3.67. The Morgan fingerprint density at radius 3 is 2.88 bits per heavy atom. The number of ether oxygens (including phenoxy) is 1. The average molecular weight is 240 g/mol. The van der Waals surface area contributed by atoms with Gasteiger partial charge in [0.05, 0.1) is 6.61 Å². The summed E-state index contributed by atoms with van der Waals surface area (Å²) in [6, 6.07) is 1.41. The lowest BCUT2D eigenvalue weighted by Crippen LogP contribution is -2.52. The SMILES string of the molecule is CC1CN(C)C(C)CC1NCC1CCCOC1. The zero-order valence-electron chi connectivity index (χ0n) is 11.6. The maximum Gasteiger partial charge on any atom is 0.0506 e. The van der Waals surface area contributed by atoms with Crippen LogP contribution in [0.3, 0.4) is 0 Å². The molecule has 100 valence electrons. The molecular formula is C14H28N2O. The monoisotopic (exact) mass is 240 g/mol. The van der Waals surface area contributed by atoms with E-state index < -0.39 is 0 Å². The van der Waals surface area contributed by atoms with E-state index in [4.69, 9.17) is 4.74 Å². The molecular weight excluding hydrogens is 212 g/mol. The molecule has 1 N–H and O–H groups in total. The van der Waals surface area contributed by atoms with Crippen LogP contribution in [0.15, 0.2) is 0 Å². The van der Waals surface area contributed by atoms with Crippen molar-refractivity contribution in [3.05, 3.63) is 0 Å². The number of nitrogens with zero attached hydrogens (tertiary/aromatic N) is 1. The molecule has 0 amide bonds. The van der Waals surface area contributed by atoms with E-state index in [1.807, 2.05) is 0 Å². The van der Waals surface area contributed by atoms with Gasteiger partial charge in [0, 0.05) is 31.8 Å². The summed E-state index contributed by atoms with van der Waals surface area (Å²) in [6.07, 6.45) is 3.86. The molecule has 4 atom stereocenters. The van der Waals surface area contributed by atoms with E-state index in [1.54, 1.807) is 0 Å². The van der Waals surface area contributed by atoms with Crippen molar-refractivity contribution in [1.82, 2.24) is 10.2 Å². The smallest absolute Gasteiger partial charge is 0.0506 e. The van der Waals surface area contributed by atoms with Gasteiger partial charge in [-0.15, -0.1) is 0 Å². The highest BCUT2D eigenvalue weighted by atomic mass is 16.5. The van der Waals surface area contributed by atoms with Gasteiger partial charge in [0.1, 0.15) is 0 Å². The second-order valence-corrected chi connectivity index (χ2v) is 6.10. The highest BCUT2D eigenvalue weighted by Gasteiger charge is 2.29. The minimum Gasteiger partial charge on any atom is -0.381 e. The summed E-state index contributed by atoms with van der Waals surface area (Å²) in [5.41, 5.74) is 0. The predicted molar refractivity (Wildman–Crippen MR) is 71.2 cm³/mol. The van der Waals surface area contributed by atoms with Crippen LogP contribution >= 0.6 is 0 Å². The Morgan fingerprint density at radius 2 is 2.18 bits per heavy atom. The summed E-state index contributed by atoms with van der Waals surface area (Å²) in [6.45, 7) is 9.01. The number of rotatable bonds is 3. The van der Waals surface area contributed by atoms with Gasteiger partial charge in [-0.2, -0.15) is 0 Å². The van der Waals surface area contributed by atoms with Gasteiger partial charge in [-0.1, -0.05) is 6.92 Å². The van der Waals surface area contributed by atoms with Crippen LogP contribution < -0.4 is 5.32 Å². The third-order valence-corrected chi connectivity index (χ3v) is 4.53. The fourth-order valence-electron chi connectivity index (χ4n) is 3.11. The van der Waals surface area contributed by atoms with Crippen molar-refractivity contribution < 1.29 is 4.74 Å². The van der Waals surface area contributed by atoms with E-state index in [0.717, 1.165) is 31.6 Å². The Labute approximate surface area is 106 Å². The van der Waals surface area contributed by atoms with Gasteiger partial charge in [-0.25, -0.2) is 0 Å². The number of nitrogens with one attached hydrogen (secondary N) is 1. The van der Waals surface area contributed by atoms with Crippen LogP contribution in [0, 0.1) is 11.8 Å². The topological polar surface area (TPSA) is 24.5 Å². The third-order valence-electron chi connectivity index (χ3n) is 4.53. The van der Waals surface area contributed by atoms with Crippen LogP contribution in [0.2, 0.25) is 0 Å². The predicted octanol–water partition coefficient (Wildman–Crippen LogP) is 1.73. The van der Waals surface area contributed by atoms with Crippen LogP contribution in [0.4, 0.5) is 0 Å².